The summed E-state index contributed by atoms with van der Waals surface area (Å²) < 4.78 is 47.4. The van der Waals surface area contributed by atoms with Gasteiger partial charge in [-0.25, -0.2) is 9.37 Å². The highest BCUT2D eigenvalue weighted by molar-refractivity contribution is 5.85. The predicted octanol–water partition coefficient (Wildman–Crippen LogP) is 5.34. The summed E-state index contributed by atoms with van der Waals surface area (Å²) >= 11 is 0. The van der Waals surface area contributed by atoms with Crippen molar-refractivity contribution in [2.75, 3.05) is 35.5 Å². The van der Waals surface area contributed by atoms with E-state index in [-0.39, 0.29) is 17.2 Å². The van der Waals surface area contributed by atoms with Crippen LogP contribution in [0.2, 0.25) is 0 Å². The Kier molecular flexibility index (Phi) is 5.77. The number of hydrogen-bond acceptors (Lipinski definition) is 7. The molecule has 0 unspecified atom stereocenters. The molecule has 4 rings (SSSR count). The number of halogens is 1. The van der Waals surface area contributed by atoms with Crippen LogP contribution in [-0.2, 0) is 0 Å². The Balaban J connectivity index is 1.82. The van der Waals surface area contributed by atoms with Crippen molar-refractivity contribution in [1.82, 2.24) is 4.98 Å². The lowest BCUT2D eigenvalue weighted by Gasteiger charge is -2.15. The fourth-order valence-electron chi connectivity index (χ4n) is 3.55. The van der Waals surface area contributed by atoms with Gasteiger partial charge >= 0.3 is 0 Å². The zero-order valence-corrected chi connectivity index (χ0v) is 18.3. The van der Waals surface area contributed by atoms with Crippen molar-refractivity contribution in [2.45, 2.75) is 0 Å². The largest absolute Gasteiger partial charge is 0.493 e. The number of oxazole rings is 1. The highest BCUT2D eigenvalue weighted by Gasteiger charge is 2.20. The molecule has 0 aliphatic heterocycles. The Hall–Kier alpha value is -3.94. The van der Waals surface area contributed by atoms with Gasteiger partial charge in [-0.15, -0.1) is 0 Å². The van der Waals surface area contributed by atoms with Crippen LogP contribution in [0, 0.1) is 5.82 Å². The molecule has 32 heavy (non-hydrogen) atoms. The maximum atomic E-state index is 14.7. The predicted molar refractivity (Wildman–Crippen MR) is 118 cm³/mol. The minimum Gasteiger partial charge on any atom is -0.493 e. The lowest BCUT2D eigenvalue weighted by Crippen LogP contribution is -1.96. The van der Waals surface area contributed by atoms with Crippen molar-refractivity contribution in [1.29, 1.82) is 0 Å². The maximum absolute atomic E-state index is 14.7. The van der Waals surface area contributed by atoms with Crippen molar-refractivity contribution < 1.29 is 32.5 Å². The van der Waals surface area contributed by atoms with Crippen molar-refractivity contribution >= 4 is 11.1 Å². The van der Waals surface area contributed by atoms with E-state index in [0.717, 1.165) is 11.1 Å². The zero-order valence-electron chi connectivity index (χ0n) is 18.3. The SMILES string of the molecule is COc1cc(F)c(-c2nc3ccc(-c4ccc(OC)c(OC)c4OC)cc3o2)cc1OC. The number of fused-ring (bicyclic) bond motifs is 1. The Bertz CT molecular complexity index is 1280. The summed E-state index contributed by atoms with van der Waals surface area (Å²) in [4.78, 5) is 4.43. The number of aromatic nitrogens is 1. The molecule has 0 atom stereocenters. The second-order valence-corrected chi connectivity index (χ2v) is 6.77. The van der Waals surface area contributed by atoms with E-state index in [1.54, 1.807) is 33.5 Å². The molecule has 1 heterocycles. The molecule has 166 valence electrons. The molecule has 0 spiro atoms. The summed E-state index contributed by atoms with van der Waals surface area (Å²) in [5.41, 5.74) is 2.83. The highest BCUT2D eigenvalue weighted by Crippen LogP contribution is 2.45. The van der Waals surface area contributed by atoms with Gasteiger partial charge in [0.2, 0.25) is 11.6 Å². The first kappa shape index (κ1) is 21.3. The molecule has 3 aromatic carbocycles. The van der Waals surface area contributed by atoms with E-state index in [0.29, 0.717) is 34.1 Å². The molecular weight excluding hydrogens is 417 g/mol. The zero-order chi connectivity index (χ0) is 22.8. The van der Waals surface area contributed by atoms with E-state index >= 15 is 0 Å². The van der Waals surface area contributed by atoms with Gasteiger partial charge in [0.05, 0.1) is 41.1 Å². The number of hydrogen-bond donors (Lipinski definition) is 0. The highest BCUT2D eigenvalue weighted by atomic mass is 19.1. The summed E-state index contributed by atoms with van der Waals surface area (Å²) in [5, 5.41) is 0. The van der Waals surface area contributed by atoms with Gasteiger partial charge in [-0.2, -0.15) is 0 Å². The average Bonchev–Trinajstić information content (AvgIpc) is 3.25. The van der Waals surface area contributed by atoms with Gasteiger partial charge in [0.15, 0.2) is 28.6 Å². The first-order chi connectivity index (χ1) is 15.5. The Morgan fingerprint density at radius 2 is 1.38 bits per heavy atom. The summed E-state index contributed by atoms with van der Waals surface area (Å²) in [5.74, 6) is 1.83. The number of nitrogens with zero attached hydrogens (tertiary/aromatic N) is 1. The topological polar surface area (TPSA) is 72.2 Å². The minimum atomic E-state index is -0.531. The second-order valence-electron chi connectivity index (χ2n) is 6.77. The van der Waals surface area contributed by atoms with Crippen LogP contribution >= 0.6 is 0 Å². The summed E-state index contributed by atoms with van der Waals surface area (Å²) in [7, 11) is 7.60. The molecule has 0 fully saturated rings. The monoisotopic (exact) mass is 439 g/mol. The van der Waals surface area contributed by atoms with Gasteiger partial charge < -0.3 is 28.1 Å². The molecule has 0 amide bonds. The van der Waals surface area contributed by atoms with Crippen LogP contribution in [0.5, 0.6) is 28.7 Å². The van der Waals surface area contributed by atoms with Gasteiger partial charge in [0.25, 0.3) is 0 Å². The van der Waals surface area contributed by atoms with Crippen LogP contribution in [0.25, 0.3) is 33.7 Å². The maximum Gasteiger partial charge on any atom is 0.230 e. The summed E-state index contributed by atoms with van der Waals surface area (Å²) in [6.45, 7) is 0. The fraction of sp³-hybridized carbons (Fsp3) is 0.208. The second kappa shape index (κ2) is 8.66. The van der Waals surface area contributed by atoms with Crippen molar-refractivity contribution in [3.63, 3.8) is 0 Å². The Morgan fingerprint density at radius 3 is 2.03 bits per heavy atom. The number of ether oxygens (including phenoxy) is 5. The average molecular weight is 439 g/mol. The molecule has 0 bridgehead atoms. The smallest absolute Gasteiger partial charge is 0.230 e. The van der Waals surface area contributed by atoms with Crippen LogP contribution in [0.4, 0.5) is 4.39 Å². The molecule has 0 N–H and O–H groups in total. The molecule has 4 aromatic rings. The van der Waals surface area contributed by atoms with E-state index < -0.39 is 5.82 Å². The van der Waals surface area contributed by atoms with E-state index in [1.807, 2.05) is 18.2 Å². The fourth-order valence-corrected chi connectivity index (χ4v) is 3.55. The molecule has 8 heteroatoms. The molecular formula is C24H22FNO6. The molecule has 7 nitrogen and oxygen atoms in total. The molecule has 0 saturated heterocycles. The molecule has 1 aromatic heterocycles. The van der Waals surface area contributed by atoms with Gasteiger partial charge in [-0.1, -0.05) is 6.07 Å². The van der Waals surface area contributed by atoms with Gasteiger partial charge in [0, 0.05) is 11.6 Å². The van der Waals surface area contributed by atoms with Crippen LogP contribution < -0.4 is 23.7 Å². The number of rotatable bonds is 7. The van der Waals surface area contributed by atoms with Gasteiger partial charge in [0.1, 0.15) is 11.3 Å². The molecule has 0 aliphatic rings. The molecule has 0 aliphatic carbocycles. The molecule has 0 radical (unpaired) electrons. The standard InChI is InChI=1S/C24H22FNO6/c1-27-18-9-7-14(22(30-4)23(18)31-5)13-6-8-17-19(10-13)32-24(26-17)15-11-20(28-2)21(29-3)12-16(15)25/h6-12H,1-5H3. The van der Waals surface area contributed by atoms with Gasteiger partial charge in [-0.3, -0.25) is 0 Å². The first-order valence-corrected chi connectivity index (χ1v) is 9.66. The third-order valence-electron chi connectivity index (χ3n) is 5.11. The van der Waals surface area contributed by atoms with Crippen LogP contribution in [0.15, 0.2) is 46.9 Å². The lowest BCUT2D eigenvalue weighted by atomic mass is 10.0. The van der Waals surface area contributed by atoms with Crippen LogP contribution in [0.3, 0.4) is 0 Å². The summed E-state index contributed by atoms with van der Waals surface area (Å²) in [6, 6.07) is 11.9. The van der Waals surface area contributed by atoms with Gasteiger partial charge in [-0.05, 0) is 35.9 Å². The van der Waals surface area contributed by atoms with Crippen molar-refractivity contribution in [3.05, 3.63) is 48.3 Å². The number of methoxy groups -OCH3 is 5. The van der Waals surface area contributed by atoms with Crippen molar-refractivity contribution in [2.24, 2.45) is 0 Å². The van der Waals surface area contributed by atoms with Crippen LogP contribution in [-0.4, -0.2) is 40.5 Å². The van der Waals surface area contributed by atoms with E-state index in [1.165, 1.54) is 26.4 Å². The Morgan fingerprint density at radius 1 is 0.688 bits per heavy atom. The molecule has 0 saturated carbocycles. The van der Waals surface area contributed by atoms with E-state index in [9.17, 15) is 4.39 Å². The number of benzene rings is 3. The minimum absolute atomic E-state index is 0.134. The Labute approximate surface area is 184 Å². The third kappa shape index (κ3) is 3.53. The lowest BCUT2D eigenvalue weighted by molar-refractivity contribution is 0.325. The van der Waals surface area contributed by atoms with E-state index in [2.05, 4.69) is 4.98 Å². The first-order valence-electron chi connectivity index (χ1n) is 9.66. The summed E-state index contributed by atoms with van der Waals surface area (Å²) in [6.07, 6.45) is 0. The third-order valence-corrected chi connectivity index (χ3v) is 5.11. The normalized spacial score (nSPS) is 10.8. The van der Waals surface area contributed by atoms with Crippen LogP contribution in [0.1, 0.15) is 0 Å². The quantitative estimate of drug-likeness (QED) is 0.385. The van der Waals surface area contributed by atoms with E-state index in [4.69, 9.17) is 28.1 Å². The van der Waals surface area contributed by atoms with Crippen molar-refractivity contribution in [3.8, 4) is 51.3 Å².